The lowest BCUT2D eigenvalue weighted by Gasteiger charge is -2.42. The molecule has 0 N–H and O–H groups in total. The number of piperidine rings is 1. The van der Waals surface area contributed by atoms with Crippen molar-refractivity contribution in [2.45, 2.75) is 31.8 Å². The quantitative estimate of drug-likeness (QED) is 0.797. The molecule has 0 spiro atoms. The monoisotopic (exact) mass is 265 g/mol. The van der Waals surface area contributed by atoms with Crippen LogP contribution in [0.5, 0.6) is 0 Å². The van der Waals surface area contributed by atoms with Crippen LogP contribution in [0.3, 0.4) is 0 Å². The van der Waals surface area contributed by atoms with Gasteiger partial charge in [-0.1, -0.05) is 0 Å². The number of aromatic nitrogens is 1. The van der Waals surface area contributed by atoms with Gasteiger partial charge in [-0.25, -0.2) is 4.98 Å². The maximum Gasteiger partial charge on any atom is 0.246 e. The number of thiazole rings is 1. The highest BCUT2D eigenvalue weighted by atomic mass is 32.1. The lowest BCUT2D eigenvalue weighted by Crippen LogP contribution is -2.60. The Morgan fingerprint density at radius 2 is 2.28 bits per heavy atom. The first-order valence-corrected chi connectivity index (χ1v) is 7.10. The SMILES string of the molecule is O=C1C2CCCCN2C(=O)CN1Cc1nccs1. The van der Waals surface area contributed by atoms with Crippen molar-refractivity contribution in [2.75, 3.05) is 13.1 Å². The topological polar surface area (TPSA) is 53.5 Å². The largest absolute Gasteiger partial charge is 0.329 e. The van der Waals surface area contributed by atoms with Gasteiger partial charge in [-0.05, 0) is 19.3 Å². The molecule has 96 valence electrons. The number of rotatable bonds is 2. The summed E-state index contributed by atoms with van der Waals surface area (Å²) in [5.41, 5.74) is 0. The number of carbonyl (C=O) groups is 2. The van der Waals surface area contributed by atoms with Gasteiger partial charge in [-0.2, -0.15) is 0 Å². The van der Waals surface area contributed by atoms with Crippen molar-refractivity contribution in [1.82, 2.24) is 14.8 Å². The first-order chi connectivity index (χ1) is 8.75. The standard InChI is InChI=1S/C12H15N3O2S/c16-11-8-14(7-10-13-4-6-18-10)12(17)9-3-1-2-5-15(9)11/h4,6,9H,1-3,5,7-8H2. The van der Waals surface area contributed by atoms with Gasteiger partial charge < -0.3 is 9.80 Å². The highest BCUT2D eigenvalue weighted by Crippen LogP contribution is 2.24. The lowest BCUT2D eigenvalue weighted by molar-refractivity contribution is -0.158. The zero-order chi connectivity index (χ0) is 12.5. The number of carbonyl (C=O) groups excluding carboxylic acids is 2. The maximum atomic E-state index is 12.3. The Hall–Kier alpha value is -1.43. The second-order valence-corrected chi connectivity index (χ2v) is 5.70. The van der Waals surface area contributed by atoms with Crippen LogP contribution in [0.25, 0.3) is 0 Å². The van der Waals surface area contributed by atoms with E-state index in [0.29, 0.717) is 6.54 Å². The summed E-state index contributed by atoms with van der Waals surface area (Å²) in [6, 6.07) is -0.222. The minimum absolute atomic E-state index is 0.0795. The third-order valence-electron chi connectivity index (χ3n) is 3.56. The Labute approximate surface area is 109 Å². The van der Waals surface area contributed by atoms with Crippen LogP contribution >= 0.6 is 11.3 Å². The minimum atomic E-state index is -0.222. The van der Waals surface area contributed by atoms with E-state index in [1.807, 2.05) is 5.38 Å². The van der Waals surface area contributed by atoms with Gasteiger partial charge >= 0.3 is 0 Å². The van der Waals surface area contributed by atoms with Gasteiger partial charge in [0.1, 0.15) is 17.6 Å². The van der Waals surface area contributed by atoms with Crippen molar-refractivity contribution >= 4 is 23.2 Å². The molecule has 2 aliphatic rings. The highest BCUT2D eigenvalue weighted by molar-refractivity contribution is 7.09. The summed E-state index contributed by atoms with van der Waals surface area (Å²) in [6.45, 7) is 1.40. The van der Waals surface area contributed by atoms with E-state index in [1.54, 1.807) is 16.0 Å². The first kappa shape index (κ1) is 11.6. The van der Waals surface area contributed by atoms with Crippen molar-refractivity contribution in [3.63, 3.8) is 0 Å². The van der Waals surface area contributed by atoms with Crippen LogP contribution in [-0.2, 0) is 16.1 Å². The molecule has 2 saturated heterocycles. The van der Waals surface area contributed by atoms with Gasteiger partial charge in [0.25, 0.3) is 0 Å². The zero-order valence-electron chi connectivity index (χ0n) is 10.0. The number of amides is 2. The number of fused-ring (bicyclic) bond motifs is 1. The van der Waals surface area contributed by atoms with Gasteiger partial charge in [0.15, 0.2) is 0 Å². The molecular weight excluding hydrogens is 250 g/mol. The van der Waals surface area contributed by atoms with E-state index in [0.717, 1.165) is 30.8 Å². The Bertz CT molecular complexity index is 460. The summed E-state index contributed by atoms with van der Waals surface area (Å²) in [5, 5.41) is 2.78. The van der Waals surface area contributed by atoms with Crippen molar-refractivity contribution in [2.24, 2.45) is 0 Å². The summed E-state index contributed by atoms with van der Waals surface area (Å²) < 4.78 is 0. The fourth-order valence-corrected chi connectivity index (χ4v) is 3.29. The average Bonchev–Trinajstić information content (AvgIpc) is 2.89. The Kier molecular flexibility index (Phi) is 3.03. The molecule has 0 aliphatic carbocycles. The Morgan fingerprint density at radius 1 is 1.39 bits per heavy atom. The molecule has 1 aromatic rings. The zero-order valence-corrected chi connectivity index (χ0v) is 10.9. The van der Waals surface area contributed by atoms with E-state index in [1.165, 1.54) is 11.3 Å². The van der Waals surface area contributed by atoms with Crippen LogP contribution in [0, 0.1) is 0 Å². The minimum Gasteiger partial charge on any atom is -0.329 e. The molecule has 18 heavy (non-hydrogen) atoms. The van der Waals surface area contributed by atoms with Crippen LogP contribution in [0.4, 0.5) is 0 Å². The van der Waals surface area contributed by atoms with Gasteiger partial charge in [0.05, 0.1) is 6.54 Å². The highest BCUT2D eigenvalue weighted by Gasteiger charge is 2.40. The summed E-state index contributed by atoms with van der Waals surface area (Å²) in [4.78, 5) is 31.9. The van der Waals surface area contributed by atoms with Gasteiger partial charge in [0.2, 0.25) is 11.8 Å². The predicted octanol–water partition coefficient (Wildman–Crippen LogP) is 0.866. The molecule has 2 aliphatic heterocycles. The second-order valence-electron chi connectivity index (χ2n) is 4.72. The van der Waals surface area contributed by atoms with Crippen LogP contribution in [0.1, 0.15) is 24.3 Å². The first-order valence-electron chi connectivity index (χ1n) is 6.22. The summed E-state index contributed by atoms with van der Waals surface area (Å²) >= 11 is 1.52. The molecule has 0 saturated carbocycles. The number of hydrogen-bond donors (Lipinski definition) is 0. The molecule has 2 amide bonds. The lowest BCUT2D eigenvalue weighted by atomic mass is 9.98. The molecule has 5 nitrogen and oxygen atoms in total. The van der Waals surface area contributed by atoms with Crippen LogP contribution in [0.2, 0.25) is 0 Å². The fourth-order valence-electron chi connectivity index (χ4n) is 2.66. The van der Waals surface area contributed by atoms with Crippen molar-refractivity contribution in [3.8, 4) is 0 Å². The third-order valence-corrected chi connectivity index (χ3v) is 4.32. The molecular formula is C12H15N3O2S. The molecule has 0 radical (unpaired) electrons. The number of nitrogens with zero attached hydrogens (tertiary/aromatic N) is 3. The van der Waals surface area contributed by atoms with E-state index in [9.17, 15) is 9.59 Å². The normalized spacial score (nSPS) is 24.3. The molecule has 1 unspecified atom stereocenters. The molecule has 0 bridgehead atoms. The Morgan fingerprint density at radius 3 is 3.06 bits per heavy atom. The molecule has 0 aromatic carbocycles. The molecule has 3 rings (SSSR count). The average molecular weight is 265 g/mol. The van der Waals surface area contributed by atoms with E-state index in [2.05, 4.69) is 4.98 Å². The molecule has 6 heteroatoms. The third kappa shape index (κ3) is 2.01. The maximum absolute atomic E-state index is 12.3. The molecule has 1 aromatic heterocycles. The predicted molar refractivity (Wildman–Crippen MR) is 66.9 cm³/mol. The Balaban J connectivity index is 1.76. The van der Waals surface area contributed by atoms with Crippen molar-refractivity contribution in [1.29, 1.82) is 0 Å². The van der Waals surface area contributed by atoms with Crippen molar-refractivity contribution < 1.29 is 9.59 Å². The van der Waals surface area contributed by atoms with Crippen LogP contribution in [0.15, 0.2) is 11.6 Å². The smallest absolute Gasteiger partial charge is 0.246 e. The van der Waals surface area contributed by atoms with Gasteiger partial charge in [-0.3, -0.25) is 9.59 Å². The molecule has 3 heterocycles. The summed E-state index contributed by atoms with van der Waals surface area (Å²) in [7, 11) is 0. The van der Waals surface area contributed by atoms with Gasteiger partial charge in [-0.15, -0.1) is 11.3 Å². The summed E-state index contributed by atoms with van der Waals surface area (Å²) in [6.07, 6.45) is 4.58. The number of hydrogen-bond acceptors (Lipinski definition) is 4. The molecule has 2 fully saturated rings. The number of piperazine rings is 1. The fraction of sp³-hybridized carbons (Fsp3) is 0.583. The van der Waals surface area contributed by atoms with E-state index >= 15 is 0 Å². The van der Waals surface area contributed by atoms with E-state index < -0.39 is 0 Å². The molecule has 1 atom stereocenters. The van der Waals surface area contributed by atoms with Crippen LogP contribution in [-0.4, -0.2) is 45.7 Å². The van der Waals surface area contributed by atoms with E-state index in [-0.39, 0.29) is 24.4 Å². The van der Waals surface area contributed by atoms with Crippen LogP contribution < -0.4 is 0 Å². The second kappa shape index (κ2) is 4.68. The summed E-state index contributed by atoms with van der Waals surface area (Å²) in [5.74, 6) is 0.167. The van der Waals surface area contributed by atoms with E-state index in [4.69, 9.17) is 0 Å². The van der Waals surface area contributed by atoms with Crippen molar-refractivity contribution in [3.05, 3.63) is 16.6 Å². The van der Waals surface area contributed by atoms with Gasteiger partial charge in [0, 0.05) is 18.1 Å².